The molecule has 14 heteroatoms. The van der Waals surface area contributed by atoms with Crippen molar-refractivity contribution in [3.63, 3.8) is 0 Å². The van der Waals surface area contributed by atoms with Gasteiger partial charge in [0.15, 0.2) is 0 Å². The molecule has 3 heterocycles. The number of alkyl halides is 5. The zero-order valence-corrected chi connectivity index (χ0v) is 19.6. The van der Waals surface area contributed by atoms with E-state index in [-0.39, 0.29) is 30.0 Å². The molecule has 0 spiro atoms. The van der Waals surface area contributed by atoms with Gasteiger partial charge in [0.25, 0.3) is 5.91 Å². The molecule has 5 rings (SSSR count). The van der Waals surface area contributed by atoms with Crippen LogP contribution in [0.5, 0.6) is 11.6 Å². The molecule has 9 nitrogen and oxygen atoms in total. The van der Waals surface area contributed by atoms with Gasteiger partial charge in [0, 0.05) is 18.3 Å². The maximum Gasteiger partial charge on any atom is 0.417 e. The quantitative estimate of drug-likeness (QED) is 0.329. The summed E-state index contributed by atoms with van der Waals surface area (Å²) in [6.07, 6.45) is -0.115. The van der Waals surface area contributed by atoms with E-state index in [1.165, 1.54) is 24.5 Å². The first-order valence-corrected chi connectivity index (χ1v) is 11.6. The van der Waals surface area contributed by atoms with Crippen molar-refractivity contribution in [1.82, 2.24) is 19.9 Å². The monoisotopic (exact) mass is 537 g/mol. The Morgan fingerprint density at radius 2 is 1.76 bits per heavy atom. The maximum atomic E-state index is 13.1. The second-order valence-corrected chi connectivity index (χ2v) is 8.85. The summed E-state index contributed by atoms with van der Waals surface area (Å²) in [7, 11) is 0. The zero-order chi connectivity index (χ0) is 27.0. The number of hydrogen-bond donors (Lipinski definition) is 0. The average Bonchev–Trinajstić information content (AvgIpc) is 3.17. The van der Waals surface area contributed by atoms with E-state index in [0.29, 0.717) is 42.8 Å². The summed E-state index contributed by atoms with van der Waals surface area (Å²) in [6, 6.07) is 3.90. The van der Waals surface area contributed by atoms with Gasteiger partial charge in [0.1, 0.15) is 24.7 Å². The third-order valence-electron chi connectivity index (χ3n) is 6.45. The van der Waals surface area contributed by atoms with Crippen LogP contribution >= 0.6 is 0 Å². The minimum atomic E-state index is -4.63. The van der Waals surface area contributed by atoms with E-state index < -0.39 is 36.3 Å². The number of nitrogens with zero attached hydrogens (tertiary/aromatic N) is 5. The Morgan fingerprint density at radius 1 is 1.00 bits per heavy atom. The van der Waals surface area contributed by atoms with Crippen LogP contribution in [0.15, 0.2) is 43.0 Å². The van der Waals surface area contributed by atoms with E-state index in [4.69, 9.17) is 4.74 Å². The Kier molecular flexibility index (Phi) is 6.71. The second kappa shape index (κ2) is 9.99. The van der Waals surface area contributed by atoms with Gasteiger partial charge in [-0.1, -0.05) is 0 Å². The molecule has 2 aromatic heterocycles. The van der Waals surface area contributed by atoms with Crippen LogP contribution in [-0.4, -0.2) is 57.1 Å². The van der Waals surface area contributed by atoms with E-state index in [1.54, 1.807) is 0 Å². The van der Waals surface area contributed by atoms with E-state index in [1.807, 2.05) is 0 Å². The number of fused-ring (bicyclic) bond motifs is 1. The summed E-state index contributed by atoms with van der Waals surface area (Å²) in [5.41, 5.74) is -0.754. The molecule has 0 N–H and O–H groups in total. The number of urea groups is 1. The second-order valence-electron chi connectivity index (χ2n) is 8.85. The Bertz CT molecular complexity index is 1360. The highest BCUT2D eigenvalue weighted by Gasteiger charge is 2.43. The highest BCUT2D eigenvalue weighted by molar-refractivity contribution is 6.12. The number of aromatic nitrogens is 3. The van der Waals surface area contributed by atoms with Gasteiger partial charge in [0.05, 0.1) is 28.4 Å². The SMILES string of the molecule is O=C1CN(c2cncc(C(F)(F)F)c2)C(=O)N1C1CCC(Oc2ncnc3cc(OC(F)F)ccc23)CC1. The summed E-state index contributed by atoms with van der Waals surface area (Å²) in [4.78, 5) is 39.6. The number of rotatable bonds is 6. The zero-order valence-electron chi connectivity index (χ0n) is 19.6. The van der Waals surface area contributed by atoms with E-state index in [2.05, 4.69) is 19.7 Å². The van der Waals surface area contributed by atoms with Crippen molar-refractivity contribution in [2.45, 2.75) is 50.6 Å². The first-order valence-electron chi connectivity index (χ1n) is 11.6. The van der Waals surface area contributed by atoms with Crippen LogP contribution in [0.1, 0.15) is 31.2 Å². The normalized spacial score (nSPS) is 20.5. The predicted molar refractivity (Wildman–Crippen MR) is 122 cm³/mol. The Balaban J connectivity index is 1.24. The first kappa shape index (κ1) is 25.5. The van der Waals surface area contributed by atoms with Gasteiger partial charge in [-0.3, -0.25) is 19.6 Å². The van der Waals surface area contributed by atoms with Crippen molar-refractivity contribution in [2.24, 2.45) is 0 Å². The summed E-state index contributed by atoms with van der Waals surface area (Å²) >= 11 is 0. The van der Waals surface area contributed by atoms with E-state index in [0.717, 1.165) is 22.1 Å². The van der Waals surface area contributed by atoms with Crippen LogP contribution in [-0.2, 0) is 11.0 Å². The van der Waals surface area contributed by atoms with Gasteiger partial charge in [-0.2, -0.15) is 22.0 Å². The number of pyridine rings is 1. The molecule has 1 saturated heterocycles. The Labute approximate surface area is 212 Å². The molecule has 3 aromatic rings. The van der Waals surface area contributed by atoms with Gasteiger partial charge in [-0.25, -0.2) is 14.8 Å². The average molecular weight is 537 g/mol. The number of ether oxygens (including phenoxy) is 2. The molecule has 1 saturated carbocycles. The number of carbonyl (C=O) groups is 2. The van der Waals surface area contributed by atoms with E-state index >= 15 is 0 Å². The number of hydrogen-bond acceptors (Lipinski definition) is 7. The largest absolute Gasteiger partial charge is 0.474 e. The minimum absolute atomic E-state index is 0.0486. The standard InChI is InChI=1S/C24H20F5N5O4/c25-22(26)38-17-5-6-18-19(8-17)31-12-32-21(18)37-16-3-1-14(2-4-16)34-20(35)11-33(23(34)36)15-7-13(9-30-10-15)24(27,28)29/h5-10,12,14,16,22H,1-4,11H2. The van der Waals surface area contributed by atoms with Crippen LogP contribution in [0, 0.1) is 0 Å². The molecule has 0 unspecified atom stereocenters. The lowest BCUT2D eigenvalue weighted by Crippen LogP contribution is -2.44. The van der Waals surface area contributed by atoms with Crippen LogP contribution in [0.25, 0.3) is 10.9 Å². The van der Waals surface area contributed by atoms with Gasteiger partial charge >= 0.3 is 18.8 Å². The van der Waals surface area contributed by atoms with Crippen molar-refractivity contribution in [3.8, 4) is 11.6 Å². The Hall–Kier alpha value is -4.10. The molecular formula is C24H20F5N5O4. The predicted octanol–water partition coefficient (Wildman–Crippen LogP) is 4.80. The lowest BCUT2D eigenvalue weighted by molar-refractivity contribution is -0.137. The summed E-state index contributed by atoms with van der Waals surface area (Å²) in [6.45, 7) is -3.34. The number of benzene rings is 1. The van der Waals surface area contributed by atoms with Crippen molar-refractivity contribution < 1.29 is 41.0 Å². The van der Waals surface area contributed by atoms with Crippen LogP contribution < -0.4 is 14.4 Å². The van der Waals surface area contributed by atoms with Gasteiger partial charge in [-0.15, -0.1) is 0 Å². The highest BCUT2D eigenvalue weighted by atomic mass is 19.4. The smallest absolute Gasteiger partial charge is 0.417 e. The third kappa shape index (κ3) is 5.15. The summed E-state index contributed by atoms with van der Waals surface area (Å²) < 4.78 is 74.6. The lowest BCUT2D eigenvalue weighted by Gasteiger charge is -2.33. The lowest BCUT2D eigenvalue weighted by atomic mass is 9.92. The fourth-order valence-corrected chi connectivity index (χ4v) is 4.67. The molecule has 1 aliphatic carbocycles. The Morgan fingerprint density at radius 3 is 2.47 bits per heavy atom. The maximum absolute atomic E-state index is 13.1. The van der Waals surface area contributed by atoms with Crippen LogP contribution in [0.4, 0.5) is 32.4 Å². The van der Waals surface area contributed by atoms with Crippen LogP contribution in [0.2, 0.25) is 0 Å². The third-order valence-corrected chi connectivity index (χ3v) is 6.45. The summed E-state index contributed by atoms with van der Waals surface area (Å²) in [5.74, 6) is -0.286. The molecule has 38 heavy (non-hydrogen) atoms. The fraction of sp³-hybridized carbons (Fsp3) is 0.375. The van der Waals surface area contributed by atoms with E-state index in [9.17, 15) is 31.5 Å². The number of halogens is 5. The molecular weight excluding hydrogens is 517 g/mol. The molecule has 2 aliphatic rings. The summed E-state index contributed by atoms with van der Waals surface area (Å²) in [5, 5.41) is 0.506. The van der Waals surface area contributed by atoms with Crippen molar-refractivity contribution in [2.75, 3.05) is 11.4 Å². The van der Waals surface area contributed by atoms with Crippen LogP contribution in [0.3, 0.4) is 0 Å². The number of amides is 3. The number of carbonyl (C=O) groups excluding carboxylic acids is 2. The highest BCUT2D eigenvalue weighted by Crippen LogP contribution is 2.35. The molecule has 3 amide bonds. The first-order chi connectivity index (χ1) is 18.1. The minimum Gasteiger partial charge on any atom is -0.474 e. The van der Waals surface area contributed by atoms with Crippen molar-refractivity contribution >= 4 is 28.5 Å². The molecule has 0 radical (unpaired) electrons. The molecule has 1 aromatic carbocycles. The fourth-order valence-electron chi connectivity index (χ4n) is 4.67. The van der Waals surface area contributed by atoms with Gasteiger partial charge in [-0.05, 0) is 43.9 Å². The van der Waals surface area contributed by atoms with Crippen molar-refractivity contribution in [3.05, 3.63) is 48.5 Å². The molecule has 0 atom stereocenters. The topological polar surface area (TPSA) is 97.8 Å². The van der Waals surface area contributed by atoms with Crippen molar-refractivity contribution in [1.29, 1.82) is 0 Å². The molecule has 200 valence electrons. The van der Waals surface area contributed by atoms with Gasteiger partial charge < -0.3 is 9.47 Å². The molecule has 0 bridgehead atoms. The van der Waals surface area contributed by atoms with Gasteiger partial charge in [0.2, 0.25) is 5.88 Å². The number of anilines is 1. The number of imide groups is 1. The molecule has 1 aliphatic heterocycles. The molecule has 2 fully saturated rings.